The second kappa shape index (κ2) is 6.80. The van der Waals surface area contributed by atoms with Gasteiger partial charge < -0.3 is 5.32 Å². The Hall–Kier alpha value is -0.820. The monoisotopic (exact) mass is 233 g/mol. The van der Waals surface area contributed by atoms with E-state index in [1.54, 1.807) is 0 Å². The average Bonchev–Trinajstić information content (AvgIpc) is 2.28. The van der Waals surface area contributed by atoms with E-state index in [4.69, 9.17) is 0 Å². The van der Waals surface area contributed by atoms with Crippen LogP contribution in [0.25, 0.3) is 0 Å². The van der Waals surface area contributed by atoms with Crippen molar-refractivity contribution < 1.29 is 0 Å². The molecule has 1 atom stereocenters. The first-order chi connectivity index (χ1) is 8.06. The van der Waals surface area contributed by atoms with E-state index in [1.165, 1.54) is 29.5 Å². The zero-order valence-electron chi connectivity index (χ0n) is 12.0. The fourth-order valence-corrected chi connectivity index (χ4v) is 2.30. The molecule has 0 fully saturated rings. The van der Waals surface area contributed by atoms with Crippen molar-refractivity contribution in [2.45, 2.75) is 53.5 Å². The van der Waals surface area contributed by atoms with Crippen molar-refractivity contribution in [1.82, 2.24) is 5.32 Å². The van der Waals surface area contributed by atoms with Gasteiger partial charge in [-0.1, -0.05) is 56.0 Å². The number of hydrogen-bond donors (Lipinski definition) is 1. The summed E-state index contributed by atoms with van der Waals surface area (Å²) in [6.45, 7) is 12.3. The SMILES string of the molecule is CCC(CC)CNC(C)c1cc(C)cc(C)c1. The number of rotatable bonds is 6. The molecule has 1 heteroatoms. The van der Waals surface area contributed by atoms with Gasteiger partial charge >= 0.3 is 0 Å². The van der Waals surface area contributed by atoms with Crippen LogP contribution in [0.2, 0.25) is 0 Å². The summed E-state index contributed by atoms with van der Waals surface area (Å²) in [6, 6.07) is 7.26. The van der Waals surface area contributed by atoms with Gasteiger partial charge in [-0.15, -0.1) is 0 Å². The van der Waals surface area contributed by atoms with Crippen LogP contribution in [0, 0.1) is 19.8 Å². The van der Waals surface area contributed by atoms with Crippen molar-refractivity contribution in [3.05, 3.63) is 34.9 Å². The lowest BCUT2D eigenvalue weighted by Crippen LogP contribution is -2.25. The van der Waals surface area contributed by atoms with E-state index in [0.29, 0.717) is 6.04 Å². The molecule has 0 spiro atoms. The van der Waals surface area contributed by atoms with Crippen molar-refractivity contribution >= 4 is 0 Å². The Kier molecular flexibility index (Phi) is 5.70. The van der Waals surface area contributed by atoms with Gasteiger partial charge in [-0.3, -0.25) is 0 Å². The van der Waals surface area contributed by atoms with Crippen molar-refractivity contribution in [3.63, 3.8) is 0 Å². The Morgan fingerprint density at radius 1 is 1.00 bits per heavy atom. The molecule has 1 aromatic carbocycles. The molecule has 1 aromatic rings. The number of aryl methyl sites for hydroxylation is 2. The van der Waals surface area contributed by atoms with Crippen molar-refractivity contribution in [3.8, 4) is 0 Å². The number of nitrogens with one attached hydrogen (secondary N) is 1. The van der Waals surface area contributed by atoms with Crippen LogP contribution in [-0.4, -0.2) is 6.54 Å². The van der Waals surface area contributed by atoms with Crippen LogP contribution in [0.1, 0.15) is 56.3 Å². The Morgan fingerprint density at radius 2 is 1.53 bits per heavy atom. The topological polar surface area (TPSA) is 12.0 Å². The lowest BCUT2D eigenvalue weighted by Gasteiger charge is -2.19. The predicted molar refractivity (Wildman–Crippen MR) is 76.4 cm³/mol. The normalized spacial score (nSPS) is 13.1. The smallest absolute Gasteiger partial charge is 0.0292 e. The van der Waals surface area contributed by atoms with Crippen LogP contribution in [0.4, 0.5) is 0 Å². The Labute approximate surface area is 107 Å². The molecule has 0 amide bonds. The summed E-state index contributed by atoms with van der Waals surface area (Å²) in [5, 5.41) is 3.66. The third-order valence-corrected chi connectivity index (χ3v) is 3.61. The Bertz CT molecular complexity index is 319. The molecule has 0 radical (unpaired) electrons. The minimum atomic E-state index is 0.453. The molecule has 17 heavy (non-hydrogen) atoms. The van der Waals surface area contributed by atoms with E-state index in [2.05, 4.69) is 58.1 Å². The standard InChI is InChI=1S/C16H27N/c1-6-15(7-2)11-17-14(5)16-9-12(3)8-13(4)10-16/h8-10,14-15,17H,6-7,11H2,1-5H3. The maximum Gasteiger partial charge on any atom is 0.0292 e. The molecular weight excluding hydrogens is 206 g/mol. The fraction of sp³-hybridized carbons (Fsp3) is 0.625. The summed E-state index contributed by atoms with van der Waals surface area (Å²) >= 11 is 0. The first-order valence-electron chi connectivity index (χ1n) is 6.88. The molecule has 0 aliphatic rings. The first kappa shape index (κ1) is 14.2. The number of benzene rings is 1. The van der Waals surface area contributed by atoms with Crippen molar-refractivity contribution in [1.29, 1.82) is 0 Å². The van der Waals surface area contributed by atoms with Gasteiger partial charge in [0, 0.05) is 6.04 Å². The van der Waals surface area contributed by atoms with Crippen LogP contribution < -0.4 is 5.32 Å². The van der Waals surface area contributed by atoms with Gasteiger partial charge in [0.2, 0.25) is 0 Å². The summed E-state index contributed by atoms with van der Waals surface area (Å²) in [5.74, 6) is 0.809. The molecule has 0 aliphatic carbocycles. The quantitative estimate of drug-likeness (QED) is 0.768. The molecule has 0 aliphatic heterocycles. The van der Waals surface area contributed by atoms with Crippen LogP contribution in [0.3, 0.4) is 0 Å². The second-order valence-electron chi connectivity index (χ2n) is 5.23. The van der Waals surface area contributed by atoms with Crippen molar-refractivity contribution in [2.75, 3.05) is 6.54 Å². The van der Waals surface area contributed by atoms with E-state index >= 15 is 0 Å². The minimum absolute atomic E-state index is 0.453. The molecule has 1 nitrogen and oxygen atoms in total. The van der Waals surface area contributed by atoms with E-state index in [-0.39, 0.29) is 0 Å². The van der Waals surface area contributed by atoms with Crippen LogP contribution >= 0.6 is 0 Å². The minimum Gasteiger partial charge on any atom is -0.310 e. The number of hydrogen-bond acceptors (Lipinski definition) is 1. The Morgan fingerprint density at radius 3 is 2.00 bits per heavy atom. The molecule has 0 bridgehead atoms. The largest absolute Gasteiger partial charge is 0.310 e. The lowest BCUT2D eigenvalue weighted by molar-refractivity contribution is 0.422. The highest BCUT2D eigenvalue weighted by molar-refractivity contribution is 5.30. The third kappa shape index (κ3) is 4.51. The average molecular weight is 233 g/mol. The van der Waals surface area contributed by atoms with Gasteiger partial charge in [0.05, 0.1) is 0 Å². The molecule has 1 N–H and O–H groups in total. The van der Waals surface area contributed by atoms with Gasteiger partial charge in [0.1, 0.15) is 0 Å². The maximum absolute atomic E-state index is 3.66. The highest BCUT2D eigenvalue weighted by Gasteiger charge is 2.08. The maximum atomic E-state index is 3.66. The van der Waals surface area contributed by atoms with E-state index in [0.717, 1.165) is 12.5 Å². The summed E-state index contributed by atoms with van der Waals surface area (Å²) < 4.78 is 0. The van der Waals surface area contributed by atoms with Gasteiger partial charge in [-0.25, -0.2) is 0 Å². The van der Waals surface area contributed by atoms with E-state index in [9.17, 15) is 0 Å². The lowest BCUT2D eigenvalue weighted by atomic mass is 10.00. The predicted octanol–water partition coefficient (Wildman–Crippen LogP) is 4.39. The molecular formula is C16H27N. The van der Waals surface area contributed by atoms with Gasteiger partial charge in [-0.05, 0) is 38.8 Å². The molecule has 1 rings (SSSR count). The second-order valence-corrected chi connectivity index (χ2v) is 5.23. The Balaban J connectivity index is 2.60. The molecule has 0 saturated carbocycles. The molecule has 0 aromatic heterocycles. The molecule has 96 valence electrons. The van der Waals surface area contributed by atoms with Crippen LogP contribution in [0.15, 0.2) is 18.2 Å². The van der Waals surface area contributed by atoms with E-state index in [1.807, 2.05) is 0 Å². The highest BCUT2D eigenvalue weighted by Crippen LogP contribution is 2.17. The van der Waals surface area contributed by atoms with Crippen LogP contribution in [-0.2, 0) is 0 Å². The zero-order chi connectivity index (χ0) is 12.8. The summed E-state index contributed by atoms with van der Waals surface area (Å²) in [4.78, 5) is 0. The fourth-order valence-electron chi connectivity index (χ4n) is 2.30. The highest BCUT2D eigenvalue weighted by atomic mass is 14.9. The van der Waals surface area contributed by atoms with Gasteiger partial charge in [0.25, 0.3) is 0 Å². The van der Waals surface area contributed by atoms with Gasteiger partial charge in [-0.2, -0.15) is 0 Å². The van der Waals surface area contributed by atoms with E-state index < -0.39 is 0 Å². The van der Waals surface area contributed by atoms with Crippen molar-refractivity contribution in [2.24, 2.45) is 5.92 Å². The first-order valence-corrected chi connectivity index (χ1v) is 6.88. The molecule has 0 heterocycles. The summed E-state index contributed by atoms with van der Waals surface area (Å²) in [6.07, 6.45) is 2.53. The van der Waals surface area contributed by atoms with Gasteiger partial charge in [0.15, 0.2) is 0 Å². The molecule has 1 unspecified atom stereocenters. The summed E-state index contributed by atoms with van der Waals surface area (Å²) in [7, 11) is 0. The third-order valence-electron chi connectivity index (χ3n) is 3.61. The summed E-state index contributed by atoms with van der Waals surface area (Å²) in [5.41, 5.74) is 4.13. The van der Waals surface area contributed by atoms with Crippen LogP contribution in [0.5, 0.6) is 0 Å². The zero-order valence-corrected chi connectivity index (χ0v) is 12.0. The molecule has 0 saturated heterocycles.